The lowest BCUT2D eigenvalue weighted by Crippen LogP contribution is -2.45. The lowest BCUT2D eigenvalue weighted by atomic mass is 10.1. The number of aromatic nitrogens is 2. The van der Waals surface area contributed by atoms with Crippen LogP contribution in [0.15, 0.2) is 58.2 Å². The Morgan fingerprint density at radius 1 is 0.939 bits per heavy atom. The molecule has 1 atom stereocenters. The first kappa shape index (κ1) is 24.0. The maximum Gasteiger partial charge on any atom is 0.290 e. The summed E-state index contributed by atoms with van der Waals surface area (Å²) in [4.78, 5) is 49.9. The van der Waals surface area contributed by atoms with Gasteiger partial charge in [-0.1, -0.05) is 18.2 Å². The van der Waals surface area contributed by atoms with Gasteiger partial charge in [0.05, 0.1) is 16.7 Å². The van der Waals surface area contributed by atoms with Crippen molar-refractivity contribution in [1.29, 1.82) is 0 Å². The van der Waals surface area contributed by atoms with Crippen LogP contribution in [0.2, 0.25) is 0 Å². The van der Waals surface area contributed by atoms with Gasteiger partial charge in [0.1, 0.15) is 0 Å². The quantitative estimate of drug-likeness (QED) is 0.379. The van der Waals surface area contributed by atoms with Crippen molar-refractivity contribution in [2.24, 2.45) is 0 Å². The fourth-order valence-electron chi connectivity index (χ4n) is 3.08. The molecule has 1 unspecified atom stereocenters. The summed E-state index contributed by atoms with van der Waals surface area (Å²) in [6.07, 6.45) is 0. The highest BCUT2D eigenvalue weighted by Gasteiger charge is 2.20. The fourth-order valence-corrected chi connectivity index (χ4v) is 3.95. The summed E-state index contributed by atoms with van der Waals surface area (Å²) >= 11 is 1.30. The maximum absolute atomic E-state index is 12.8. The van der Waals surface area contributed by atoms with E-state index in [1.807, 2.05) is 0 Å². The van der Waals surface area contributed by atoms with Gasteiger partial charge in [-0.15, -0.1) is 11.8 Å². The molecule has 2 aromatic carbocycles. The summed E-state index contributed by atoms with van der Waals surface area (Å²) in [5.41, 5.74) is 5.25. The van der Waals surface area contributed by atoms with Crippen LogP contribution < -0.4 is 21.7 Å². The van der Waals surface area contributed by atoms with Crippen LogP contribution >= 0.6 is 11.8 Å². The van der Waals surface area contributed by atoms with Crippen LogP contribution in [0.1, 0.15) is 44.2 Å². The fraction of sp³-hybridized carbons (Fsp3) is 0.261. The second-order valence-corrected chi connectivity index (χ2v) is 9.06. The van der Waals surface area contributed by atoms with Gasteiger partial charge in [-0.3, -0.25) is 30.0 Å². The largest absolute Gasteiger partial charge is 0.326 e. The van der Waals surface area contributed by atoms with E-state index in [-0.39, 0.29) is 23.2 Å². The predicted octanol–water partition coefficient (Wildman–Crippen LogP) is 2.88. The number of fused-ring (bicyclic) bond motifs is 1. The van der Waals surface area contributed by atoms with Crippen molar-refractivity contribution in [1.82, 2.24) is 20.6 Å². The minimum atomic E-state index is -0.620. The van der Waals surface area contributed by atoms with Crippen LogP contribution in [-0.2, 0) is 9.59 Å². The number of rotatable bonds is 6. The molecule has 0 spiro atoms. The standard InChI is InChI=1S/C23H25N5O4S/c1-13(2)28-23(32)19-8-6-5-7-18(19)20(27-28)22(31)26-25-21(30)14(3)33-17-11-9-16(10-12-17)24-15(4)29/h5-14H,1-4H3,(H,24,29)(H,25,30)(H,26,31). The molecule has 3 rings (SSSR count). The van der Waals surface area contributed by atoms with Gasteiger partial charge in [0.2, 0.25) is 5.91 Å². The van der Waals surface area contributed by atoms with E-state index in [1.165, 1.54) is 23.4 Å². The first-order chi connectivity index (χ1) is 15.7. The SMILES string of the molecule is CC(=O)Nc1ccc(SC(C)C(=O)NNC(=O)c2nn(C(C)C)c(=O)c3ccccc23)cc1. The van der Waals surface area contributed by atoms with Gasteiger partial charge in [-0.25, -0.2) is 4.68 Å². The molecule has 0 aliphatic rings. The Hall–Kier alpha value is -3.66. The monoisotopic (exact) mass is 467 g/mol. The number of nitrogens with zero attached hydrogens (tertiary/aromatic N) is 2. The Balaban J connectivity index is 1.68. The average molecular weight is 468 g/mol. The molecule has 0 saturated heterocycles. The number of carbonyl (C=O) groups is 3. The third-order valence-electron chi connectivity index (χ3n) is 4.69. The van der Waals surface area contributed by atoms with Crippen molar-refractivity contribution < 1.29 is 14.4 Å². The second-order valence-electron chi connectivity index (χ2n) is 7.65. The smallest absolute Gasteiger partial charge is 0.290 e. The molecule has 0 saturated carbocycles. The summed E-state index contributed by atoms with van der Waals surface area (Å²) in [6, 6.07) is 13.6. The van der Waals surface area contributed by atoms with E-state index in [1.54, 1.807) is 69.3 Å². The first-order valence-electron chi connectivity index (χ1n) is 10.3. The van der Waals surface area contributed by atoms with E-state index in [0.717, 1.165) is 4.90 Å². The van der Waals surface area contributed by atoms with Gasteiger partial charge < -0.3 is 5.32 Å². The lowest BCUT2D eigenvalue weighted by molar-refractivity contribution is -0.121. The first-order valence-corrected chi connectivity index (χ1v) is 11.2. The molecule has 172 valence electrons. The third-order valence-corrected chi connectivity index (χ3v) is 5.80. The molecule has 3 aromatic rings. The molecule has 3 N–H and O–H groups in total. The third kappa shape index (κ3) is 5.78. The van der Waals surface area contributed by atoms with Crippen molar-refractivity contribution >= 4 is 45.9 Å². The van der Waals surface area contributed by atoms with Crippen LogP contribution in [0.5, 0.6) is 0 Å². The lowest BCUT2D eigenvalue weighted by Gasteiger charge is -2.15. The van der Waals surface area contributed by atoms with E-state index in [2.05, 4.69) is 21.3 Å². The summed E-state index contributed by atoms with van der Waals surface area (Å²) < 4.78 is 1.25. The van der Waals surface area contributed by atoms with Crippen molar-refractivity contribution in [3.8, 4) is 0 Å². The van der Waals surface area contributed by atoms with E-state index in [4.69, 9.17) is 0 Å². The highest BCUT2D eigenvalue weighted by molar-refractivity contribution is 8.00. The van der Waals surface area contributed by atoms with Crippen LogP contribution in [-0.4, -0.2) is 32.8 Å². The number of hydrogen-bond acceptors (Lipinski definition) is 6. The van der Waals surface area contributed by atoms with Crippen molar-refractivity contribution in [2.75, 3.05) is 5.32 Å². The number of amides is 3. The number of nitrogens with one attached hydrogen (secondary N) is 3. The van der Waals surface area contributed by atoms with E-state index in [9.17, 15) is 19.2 Å². The van der Waals surface area contributed by atoms with Gasteiger partial charge in [-0.05, 0) is 51.1 Å². The molecule has 0 bridgehead atoms. The molecule has 0 aliphatic carbocycles. The summed E-state index contributed by atoms with van der Waals surface area (Å²) in [6.45, 7) is 6.74. The average Bonchev–Trinajstić information content (AvgIpc) is 2.78. The zero-order chi connectivity index (χ0) is 24.1. The van der Waals surface area contributed by atoms with Crippen molar-refractivity contribution in [2.45, 2.75) is 43.9 Å². The predicted molar refractivity (Wildman–Crippen MR) is 128 cm³/mol. The number of thioether (sulfide) groups is 1. The molecule has 10 heteroatoms. The number of carbonyl (C=O) groups excluding carboxylic acids is 3. The van der Waals surface area contributed by atoms with Crippen molar-refractivity contribution in [3.05, 3.63) is 64.6 Å². The molecule has 1 heterocycles. The van der Waals surface area contributed by atoms with Gasteiger partial charge in [0.25, 0.3) is 17.4 Å². The minimum Gasteiger partial charge on any atom is -0.326 e. The zero-order valence-electron chi connectivity index (χ0n) is 18.7. The summed E-state index contributed by atoms with van der Waals surface area (Å²) in [5.74, 6) is -1.18. The Morgan fingerprint density at radius 2 is 1.58 bits per heavy atom. The molecule has 3 amide bonds. The molecule has 0 fully saturated rings. The number of hydrazine groups is 1. The Bertz CT molecular complexity index is 1250. The summed E-state index contributed by atoms with van der Waals surface area (Å²) in [5, 5.41) is 7.19. The van der Waals surface area contributed by atoms with Gasteiger partial charge >= 0.3 is 0 Å². The summed E-state index contributed by atoms with van der Waals surface area (Å²) in [7, 11) is 0. The van der Waals surface area contributed by atoms with Crippen LogP contribution in [0.4, 0.5) is 5.69 Å². The van der Waals surface area contributed by atoms with Gasteiger partial charge in [0.15, 0.2) is 5.69 Å². The van der Waals surface area contributed by atoms with E-state index in [0.29, 0.717) is 16.5 Å². The molecule has 33 heavy (non-hydrogen) atoms. The minimum absolute atomic E-state index is 0.0491. The van der Waals surface area contributed by atoms with E-state index >= 15 is 0 Å². The van der Waals surface area contributed by atoms with Gasteiger partial charge in [0, 0.05) is 22.9 Å². The molecule has 0 radical (unpaired) electrons. The highest BCUT2D eigenvalue weighted by Crippen LogP contribution is 2.24. The number of hydrogen-bond donors (Lipinski definition) is 3. The molecular weight excluding hydrogens is 442 g/mol. The van der Waals surface area contributed by atoms with Crippen LogP contribution in [0.25, 0.3) is 10.8 Å². The van der Waals surface area contributed by atoms with E-state index < -0.39 is 17.1 Å². The maximum atomic E-state index is 12.8. The Kier molecular flexibility index (Phi) is 7.49. The molecule has 0 aliphatic heterocycles. The number of benzene rings is 2. The molecule has 9 nitrogen and oxygen atoms in total. The number of anilines is 1. The highest BCUT2D eigenvalue weighted by atomic mass is 32.2. The van der Waals surface area contributed by atoms with Gasteiger partial charge in [-0.2, -0.15) is 5.10 Å². The zero-order valence-corrected chi connectivity index (χ0v) is 19.5. The normalized spacial score (nSPS) is 11.8. The second kappa shape index (κ2) is 10.3. The molecular formula is C23H25N5O4S. The molecule has 1 aromatic heterocycles. The van der Waals surface area contributed by atoms with Crippen molar-refractivity contribution in [3.63, 3.8) is 0 Å². The Labute approximate surface area is 194 Å². The van der Waals surface area contributed by atoms with Crippen LogP contribution in [0.3, 0.4) is 0 Å². The van der Waals surface area contributed by atoms with Crippen LogP contribution in [0, 0.1) is 0 Å². The Morgan fingerprint density at radius 3 is 2.18 bits per heavy atom. The topological polar surface area (TPSA) is 122 Å².